The smallest absolute Gasteiger partial charge is 0.416 e. The Morgan fingerprint density at radius 3 is 2.45 bits per heavy atom. The quantitative estimate of drug-likeness (QED) is 0.474. The Morgan fingerprint density at radius 2 is 1.82 bits per heavy atom. The molecule has 1 aliphatic heterocycles. The van der Waals surface area contributed by atoms with E-state index in [9.17, 15) is 32.3 Å². The van der Waals surface area contributed by atoms with E-state index in [4.69, 9.17) is 4.74 Å². The minimum absolute atomic E-state index is 0.0298. The average Bonchev–Trinajstić information content (AvgIpc) is 3.64. The largest absolute Gasteiger partial charge is 0.462 e. The molecular weight excluding hydrogens is 503 g/mol. The van der Waals surface area contributed by atoms with Crippen LogP contribution in [0.3, 0.4) is 0 Å². The molecule has 0 saturated heterocycles. The molecule has 1 saturated carbocycles. The lowest BCUT2D eigenvalue weighted by Gasteiger charge is -2.17. The van der Waals surface area contributed by atoms with Crippen LogP contribution in [0.4, 0.5) is 18.9 Å². The van der Waals surface area contributed by atoms with Gasteiger partial charge in [-0.2, -0.15) is 13.2 Å². The van der Waals surface area contributed by atoms with Gasteiger partial charge in [-0.15, -0.1) is 0 Å². The molecule has 2 heterocycles. The fourth-order valence-corrected chi connectivity index (χ4v) is 5.11. The van der Waals surface area contributed by atoms with Gasteiger partial charge in [0.1, 0.15) is 5.56 Å². The molecule has 0 N–H and O–H groups in total. The Balaban J connectivity index is 1.68. The number of fused-ring (bicyclic) bond motifs is 2. The Morgan fingerprint density at radius 1 is 1.11 bits per heavy atom. The average molecular weight is 527 g/mol. The van der Waals surface area contributed by atoms with Crippen molar-refractivity contribution >= 4 is 17.6 Å². The van der Waals surface area contributed by atoms with Crippen LogP contribution in [0, 0.1) is 6.92 Å². The van der Waals surface area contributed by atoms with Crippen LogP contribution in [0.2, 0.25) is 0 Å². The molecule has 2 aliphatic rings. The third-order valence-corrected chi connectivity index (χ3v) is 7.35. The molecule has 0 radical (unpaired) electrons. The standard InChI is InChI=1S/C27H24F3N3O5/c1-4-38-23(35)18-14-32(17-8-9-20-21(12-17)31(3)24(36)26(20)10-11-26)25(37)33(22(18)34)13-16-6-5-7-19(15(16)2)27(28,29)30/h5-9,12,14H,4,10-11,13H2,1-3H3. The molecule has 2 aromatic carbocycles. The molecule has 1 aliphatic carbocycles. The first-order valence-corrected chi connectivity index (χ1v) is 12.0. The van der Waals surface area contributed by atoms with E-state index >= 15 is 0 Å². The summed E-state index contributed by atoms with van der Waals surface area (Å²) in [5.41, 5.74) is -1.99. The van der Waals surface area contributed by atoms with Gasteiger partial charge in [-0.05, 0) is 61.6 Å². The fourth-order valence-electron chi connectivity index (χ4n) is 5.11. The Labute approximate surface area is 214 Å². The zero-order valence-corrected chi connectivity index (χ0v) is 20.9. The van der Waals surface area contributed by atoms with Crippen LogP contribution in [0.5, 0.6) is 0 Å². The van der Waals surface area contributed by atoms with E-state index in [0.717, 1.165) is 39.8 Å². The number of aromatic nitrogens is 2. The van der Waals surface area contributed by atoms with Gasteiger partial charge >= 0.3 is 17.8 Å². The van der Waals surface area contributed by atoms with Crippen LogP contribution in [0.15, 0.2) is 52.2 Å². The van der Waals surface area contributed by atoms with Crippen molar-refractivity contribution in [1.29, 1.82) is 0 Å². The molecule has 1 spiro atoms. The molecule has 0 bridgehead atoms. The van der Waals surface area contributed by atoms with Crippen LogP contribution in [0.25, 0.3) is 5.69 Å². The Kier molecular flexibility index (Phi) is 5.85. The summed E-state index contributed by atoms with van der Waals surface area (Å²) in [6.07, 6.45) is -2.08. The van der Waals surface area contributed by atoms with E-state index in [1.807, 2.05) is 0 Å². The first-order chi connectivity index (χ1) is 17.9. The zero-order valence-electron chi connectivity index (χ0n) is 20.9. The second-order valence-electron chi connectivity index (χ2n) is 9.54. The van der Waals surface area contributed by atoms with E-state index in [-0.39, 0.29) is 29.3 Å². The van der Waals surface area contributed by atoms with Crippen LogP contribution < -0.4 is 16.1 Å². The number of rotatable bonds is 5. The summed E-state index contributed by atoms with van der Waals surface area (Å²) in [5.74, 6) is -1.000. The maximum Gasteiger partial charge on any atom is 0.416 e. The van der Waals surface area contributed by atoms with Crippen molar-refractivity contribution in [2.45, 2.75) is 44.8 Å². The molecule has 1 amide bonds. The number of likely N-dealkylation sites (N-methyl/N-ethyl adjacent to an activating group) is 1. The molecule has 1 fully saturated rings. The predicted octanol–water partition coefficient (Wildman–Crippen LogP) is 3.56. The number of benzene rings is 2. The van der Waals surface area contributed by atoms with Crippen LogP contribution in [-0.2, 0) is 27.7 Å². The number of halogens is 3. The second-order valence-corrected chi connectivity index (χ2v) is 9.54. The van der Waals surface area contributed by atoms with Crippen molar-refractivity contribution in [2.24, 2.45) is 0 Å². The number of hydrogen-bond donors (Lipinski definition) is 0. The van der Waals surface area contributed by atoms with E-state index in [0.29, 0.717) is 5.69 Å². The van der Waals surface area contributed by atoms with Crippen molar-refractivity contribution in [3.8, 4) is 5.69 Å². The zero-order chi connectivity index (χ0) is 27.6. The van der Waals surface area contributed by atoms with E-state index in [2.05, 4.69) is 0 Å². The summed E-state index contributed by atoms with van der Waals surface area (Å²) in [4.78, 5) is 53.8. The molecule has 1 aromatic heterocycles. The van der Waals surface area contributed by atoms with Crippen LogP contribution >= 0.6 is 0 Å². The number of esters is 1. The molecule has 0 unspecified atom stereocenters. The molecule has 0 atom stereocenters. The predicted molar refractivity (Wildman–Crippen MR) is 132 cm³/mol. The molecule has 38 heavy (non-hydrogen) atoms. The van der Waals surface area contributed by atoms with Crippen LogP contribution in [-0.4, -0.2) is 34.7 Å². The molecule has 5 rings (SSSR count). The number of nitrogens with zero attached hydrogens (tertiary/aromatic N) is 3. The van der Waals surface area contributed by atoms with E-state index in [1.165, 1.54) is 24.0 Å². The highest BCUT2D eigenvalue weighted by Crippen LogP contribution is 2.57. The van der Waals surface area contributed by atoms with Crippen molar-refractivity contribution in [3.05, 3.63) is 91.3 Å². The summed E-state index contributed by atoms with van der Waals surface area (Å²) < 4.78 is 47.2. The molecule has 3 aromatic rings. The van der Waals surface area contributed by atoms with Gasteiger partial charge in [0.25, 0.3) is 5.56 Å². The third kappa shape index (κ3) is 3.84. The highest BCUT2D eigenvalue weighted by Gasteiger charge is 2.58. The summed E-state index contributed by atoms with van der Waals surface area (Å²) in [7, 11) is 1.64. The summed E-state index contributed by atoms with van der Waals surface area (Å²) in [6.45, 7) is 2.29. The SMILES string of the molecule is CCOC(=O)c1cn(-c2ccc3c(c2)N(C)C(=O)C32CC2)c(=O)n(Cc2cccc(C(F)(F)F)c2C)c1=O. The van der Waals surface area contributed by atoms with Crippen molar-refractivity contribution in [1.82, 2.24) is 9.13 Å². The van der Waals surface area contributed by atoms with Gasteiger partial charge in [-0.1, -0.05) is 18.2 Å². The minimum atomic E-state index is -4.62. The van der Waals surface area contributed by atoms with Crippen molar-refractivity contribution in [2.75, 3.05) is 18.6 Å². The highest BCUT2D eigenvalue weighted by molar-refractivity contribution is 6.10. The lowest BCUT2D eigenvalue weighted by Crippen LogP contribution is -2.42. The fraction of sp³-hybridized carbons (Fsp3) is 0.333. The van der Waals surface area contributed by atoms with Crippen LogP contribution in [0.1, 0.15) is 52.4 Å². The first kappa shape index (κ1) is 25.5. The number of carbonyl (C=O) groups is 2. The Hall–Kier alpha value is -4.15. The first-order valence-electron chi connectivity index (χ1n) is 12.0. The number of carbonyl (C=O) groups excluding carboxylic acids is 2. The number of ether oxygens (including phenoxy) is 1. The number of amides is 1. The molecule has 11 heteroatoms. The van der Waals surface area contributed by atoms with Gasteiger partial charge in [0.2, 0.25) is 5.91 Å². The maximum absolute atomic E-state index is 13.6. The Bertz CT molecular complexity index is 1620. The molecule has 198 valence electrons. The third-order valence-electron chi connectivity index (χ3n) is 7.35. The molecule has 8 nitrogen and oxygen atoms in total. The molecular formula is C27H24F3N3O5. The van der Waals surface area contributed by atoms with Crippen molar-refractivity contribution < 1.29 is 27.5 Å². The topological polar surface area (TPSA) is 90.6 Å². The van der Waals surface area contributed by atoms with Gasteiger partial charge in [0, 0.05) is 18.9 Å². The summed E-state index contributed by atoms with van der Waals surface area (Å²) in [6, 6.07) is 8.51. The van der Waals surface area contributed by atoms with E-state index < -0.39 is 46.5 Å². The second kappa shape index (κ2) is 8.71. The summed E-state index contributed by atoms with van der Waals surface area (Å²) in [5, 5.41) is 0. The van der Waals surface area contributed by atoms with Crippen molar-refractivity contribution in [3.63, 3.8) is 0 Å². The monoisotopic (exact) mass is 527 g/mol. The lowest BCUT2D eigenvalue weighted by atomic mass is 9.97. The van der Waals surface area contributed by atoms with Gasteiger partial charge in [-0.3, -0.25) is 18.7 Å². The number of anilines is 1. The number of alkyl halides is 3. The van der Waals surface area contributed by atoms with Gasteiger partial charge in [0.15, 0.2) is 0 Å². The number of hydrogen-bond acceptors (Lipinski definition) is 5. The van der Waals surface area contributed by atoms with Gasteiger partial charge < -0.3 is 9.64 Å². The maximum atomic E-state index is 13.6. The van der Waals surface area contributed by atoms with E-state index in [1.54, 1.807) is 32.2 Å². The lowest BCUT2D eigenvalue weighted by molar-refractivity contribution is -0.138. The minimum Gasteiger partial charge on any atom is -0.462 e. The van der Waals surface area contributed by atoms with Gasteiger partial charge in [-0.25, -0.2) is 9.59 Å². The highest BCUT2D eigenvalue weighted by atomic mass is 19.4. The normalized spacial score (nSPS) is 15.6. The van der Waals surface area contributed by atoms with Gasteiger partial charge in [0.05, 0.1) is 29.8 Å². The summed E-state index contributed by atoms with van der Waals surface area (Å²) >= 11 is 0.